The fraction of sp³-hybridized carbons (Fsp3) is 0.333. The number of carbonyl (C=O) groups is 2. The van der Waals surface area contributed by atoms with Crippen molar-refractivity contribution in [1.29, 1.82) is 0 Å². The van der Waals surface area contributed by atoms with Crippen LogP contribution in [0.5, 0.6) is 0 Å². The lowest BCUT2D eigenvalue weighted by atomic mass is 10.1. The van der Waals surface area contributed by atoms with Crippen molar-refractivity contribution in [2.24, 2.45) is 0 Å². The number of carboxylic acids is 1. The van der Waals surface area contributed by atoms with Gasteiger partial charge in [-0.3, -0.25) is 9.59 Å². The summed E-state index contributed by atoms with van der Waals surface area (Å²) < 4.78 is 11.0. The van der Waals surface area contributed by atoms with Gasteiger partial charge in [-0.05, 0) is 24.3 Å². The molecular formula is C18H19NO5S. The first-order valence-electron chi connectivity index (χ1n) is 8.00. The number of hydrogen-bond donors (Lipinski definition) is 1. The second kappa shape index (κ2) is 8.22. The molecule has 1 fully saturated rings. The summed E-state index contributed by atoms with van der Waals surface area (Å²) in [6.07, 6.45) is -0.136. The average Bonchev–Trinajstić information content (AvgIpc) is 3.09. The van der Waals surface area contributed by atoms with Crippen molar-refractivity contribution in [3.63, 3.8) is 0 Å². The normalized spacial score (nSPS) is 17.4. The number of rotatable bonds is 6. The summed E-state index contributed by atoms with van der Waals surface area (Å²) in [5, 5.41) is 9.00. The highest BCUT2D eigenvalue weighted by molar-refractivity contribution is 7.98. The lowest BCUT2D eigenvalue weighted by molar-refractivity contribution is -0.139. The molecule has 2 aromatic rings. The average molecular weight is 361 g/mol. The van der Waals surface area contributed by atoms with Gasteiger partial charge in [0.1, 0.15) is 5.76 Å². The smallest absolute Gasteiger partial charge is 0.305 e. The third-order valence-corrected chi connectivity index (χ3v) is 4.93. The molecule has 1 atom stereocenters. The number of morpholine rings is 1. The van der Waals surface area contributed by atoms with Crippen LogP contribution in [0.3, 0.4) is 0 Å². The summed E-state index contributed by atoms with van der Waals surface area (Å²) in [6.45, 7) is 1.00. The zero-order chi connectivity index (χ0) is 17.6. The number of hydrogen-bond acceptors (Lipinski definition) is 5. The van der Waals surface area contributed by atoms with Crippen LogP contribution < -0.4 is 0 Å². The predicted octanol–water partition coefficient (Wildman–Crippen LogP) is 2.89. The van der Waals surface area contributed by atoms with E-state index in [1.165, 1.54) is 4.90 Å². The number of carbonyl (C=O) groups excluding carboxylic acids is 1. The monoisotopic (exact) mass is 361 g/mol. The Hall–Kier alpha value is -2.25. The largest absolute Gasteiger partial charge is 0.481 e. The molecule has 0 bridgehead atoms. The molecule has 1 unspecified atom stereocenters. The fourth-order valence-electron chi connectivity index (χ4n) is 2.68. The van der Waals surface area contributed by atoms with E-state index >= 15 is 0 Å². The van der Waals surface area contributed by atoms with E-state index in [1.54, 1.807) is 23.9 Å². The molecule has 0 radical (unpaired) electrons. The Morgan fingerprint density at radius 2 is 2.00 bits per heavy atom. The van der Waals surface area contributed by atoms with Gasteiger partial charge >= 0.3 is 5.97 Å². The molecule has 0 spiro atoms. The molecule has 1 amide bonds. The summed E-state index contributed by atoms with van der Waals surface area (Å²) in [7, 11) is 0. The number of ether oxygens (including phenoxy) is 1. The Labute approximate surface area is 149 Å². The Morgan fingerprint density at radius 1 is 1.20 bits per heavy atom. The molecule has 7 heteroatoms. The molecule has 0 aliphatic carbocycles. The second-order valence-electron chi connectivity index (χ2n) is 5.69. The molecule has 1 aromatic heterocycles. The van der Waals surface area contributed by atoms with Crippen LogP contribution in [0, 0.1) is 0 Å². The fourth-order valence-corrected chi connectivity index (χ4v) is 3.49. The third-order valence-electron chi connectivity index (χ3n) is 3.90. The van der Waals surface area contributed by atoms with E-state index in [0.29, 0.717) is 24.7 Å². The first-order valence-corrected chi connectivity index (χ1v) is 8.99. The van der Waals surface area contributed by atoms with Crippen molar-refractivity contribution in [2.45, 2.75) is 23.1 Å². The van der Waals surface area contributed by atoms with Gasteiger partial charge in [0.2, 0.25) is 0 Å². The molecule has 25 heavy (non-hydrogen) atoms. The molecule has 3 rings (SSSR count). The van der Waals surface area contributed by atoms with E-state index in [0.717, 1.165) is 4.90 Å². The summed E-state index contributed by atoms with van der Waals surface area (Å²) in [4.78, 5) is 26.3. The topological polar surface area (TPSA) is 80.0 Å². The van der Waals surface area contributed by atoms with Gasteiger partial charge in [-0.1, -0.05) is 18.2 Å². The third kappa shape index (κ3) is 4.64. The number of thioether (sulfide) groups is 1. The van der Waals surface area contributed by atoms with Crippen molar-refractivity contribution in [2.75, 3.05) is 19.8 Å². The predicted molar refractivity (Wildman–Crippen MR) is 92.6 cm³/mol. The lowest BCUT2D eigenvalue weighted by Gasteiger charge is -2.34. The highest BCUT2D eigenvalue weighted by Crippen LogP contribution is 2.24. The van der Waals surface area contributed by atoms with Crippen molar-refractivity contribution in [3.8, 4) is 0 Å². The molecule has 1 N–H and O–H groups in total. The van der Waals surface area contributed by atoms with E-state index in [4.69, 9.17) is 14.3 Å². The zero-order valence-electron chi connectivity index (χ0n) is 13.6. The highest BCUT2D eigenvalue weighted by atomic mass is 32.2. The first-order chi connectivity index (χ1) is 12.1. The van der Waals surface area contributed by atoms with Crippen LogP contribution >= 0.6 is 11.8 Å². The van der Waals surface area contributed by atoms with Crippen LogP contribution in [0.1, 0.15) is 22.7 Å². The molecule has 1 aromatic carbocycles. The van der Waals surface area contributed by atoms with E-state index in [2.05, 4.69) is 0 Å². The molecule has 1 aliphatic heterocycles. The number of amides is 1. The Bertz CT molecular complexity index is 730. The van der Waals surface area contributed by atoms with Crippen LogP contribution in [0.25, 0.3) is 0 Å². The maximum Gasteiger partial charge on any atom is 0.305 e. The standard InChI is InChI=1S/C18H19NO5S/c20-17(21)10-13-11-23-9-8-19(13)18(22)16-7-6-14(24-16)12-25-15-4-2-1-3-5-15/h1-7,13H,8-12H2,(H,20,21). The Balaban J connectivity index is 1.64. The molecule has 6 nitrogen and oxygen atoms in total. The lowest BCUT2D eigenvalue weighted by Crippen LogP contribution is -2.49. The van der Waals surface area contributed by atoms with Gasteiger partial charge in [0, 0.05) is 11.4 Å². The van der Waals surface area contributed by atoms with E-state index in [9.17, 15) is 9.59 Å². The van der Waals surface area contributed by atoms with Crippen molar-refractivity contribution < 1.29 is 23.8 Å². The second-order valence-corrected chi connectivity index (χ2v) is 6.74. The number of carboxylic acid groups (broad SMARTS) is 1. The van der Waals surface area contributed by atoms with Crippen molar-refractivity contribution in [3.05, 3.63) is 54.0 Å². The molecule has 0 saturated carbocycles. The molecule has 132 valence electrons. The zero-order valence-corrected chi connectivity index (χ0v) is 14.4. The minimum absolute atomic E-state index is 0.136. The van der Waals surface area contributed by atoms with Gasteiger partial charge in [0.05, 0.1) is 31.4 Å². The SMILES string of the molecule is O=C(O)CC1COCCN1C(=O)c1ccc(CSc2ccccc2)o1. The molecule has 1 saturated heterocycles. The van der Waals surface area contributed by atoms with Crippen LogP contribution in [0.2, 0.25) is 0 Å². The summed E-state index contributed by atoms with van der Waals surface area (Å²) in [6, 6.07) is 12.9. The van der Waals surface area contributed by atoms with Crippen molar-refractivity contribution >= 4 is 23.6 Å². The number of nitrogens with zero attached hydrogens (tertiary/aromatic N) is 1. The Morgan fingerprint density at radius 3 is 2.76 bits per heavy atom. The Kier molecular flexibility index (Phi) is 5.78. The maximum atomic E-state index is 12.7. The first kappa shape index (κ1) is 17.6. The highest BCUT2D eigenvalue weighted by Gasteiger charge is 2.31. The summed E-state index contributed by atoms with van der Waals surface area (Å²) in [5.41, 5.74) is 0. The van der Waals surface area contributed by atoms with Gasteiger partial charge in [-0.15, -0.1) is 11.8 Å². The van der Waals surface area contributed by atoms with Gasteiger partial charge in [-0.2, -0.15) is 0 Å². The molecular weight excluding hydrogens is 342 g/mol. The van der Waals surface area contributed by atoms with Crippen LogP contribution in [0.4, 0.5) is 0 Å². The summed E-state index contributed by atoms with van der Waals surface area (Å²) in [5.74, 6) is 0.332. The van der Waals surface area contributed by atoms with Crippen molar-refractivity contribution in [1.82, 2.24) is 4.90 Å². The van der Waals surface area contributed by atoms with E-state index in [-0.39, 0.29) is 24.7 Å². The minimum Gasteiger partial charge on any atom is -0.481 e. The van der Waals surface area contributed by atoms with E-state index < -0.39 is 12.0 Å². The summed E-state index contributed by atoms with van der Waals surface area (Å²) >= 11 is 1.63. The van der Waals surface area contributed by atoms with Gasteiger partial charge in [-0.25, -0.2) is 0 Å². The molecule has 1 aliphatic rings. The molecule has 2 heterocycles. The minimum atomic E-state index is -0.951. The maximum absolute atomic E-state index is 12.7. The van der Waals surface area contributed by atoms with Crippen LogP contribution in [-0.2, 0) is 15.3 Å². The van der Waals surface area contributed by atoms with Crippen LogP contribution in [0.15, 0.2) is 51.8 Å². The number of furan rings is 1. The van der Waals surface area contributed by atoms with Crippen LogP contribution in [-0.4, -0.2) is 47.7 Å². The van der Waals surface area contributed by atoms with Gasteiger partial charge in [0.25, 0.3) is 5.91 Å². The number of aliphatic carboxylic acids is 1. The number of benzene rings is 1. The van der Waals surface area contributed by atoms with Gasteiger partial charge < -0.3 is 19.2 Å². The van der Waals surface area contributed by atoms with Gasteiger partial charge in [0.15, 0.2) is 5.76 Å². The quantitative estimate of drug-likeness (QED) is 0.797. The van der Waals surface area contributed by atoms with E-state index in [1.807, 2.05) is 30.3 Å².